The molecule has 0 bridgehead atoms. The van der Waals surface area contributed by atoms with Crippen LogP contribution in [0.2, 0.25) is 0 Å². The molecule has 2 aliphatic heterocycles. The zero-order chi connectivity index (χ0) is 13.2. The van der Waals surface area contributed by atoms with Crippen molar-refractivity contribution in [1.82, 2.24) is 20.2 Å². The molecular formula is C14H19N5. The molecule has 2 unspecified atom stereocenters. The second kappa shape index (κ2) is 3.46. The van der Waals surface area contributed by atoms with Crippen LogP contribution in [0, 0.1) is 5.41 Å². The highest BCUT2D eigenvalue weighted by Crippen LogP contribution is 2.45. The largest absolute Gasteiger partial charge is 0.352 e. The number of hydrogen-bond acceptors (Lipinski definition) is 4. The first kappa shape index (κ1) is 11.2. The molecule has 1 N–H and O–H groups in total. The molecule has 5 heteroatoms. The Morgan fingerprint density at radius 2 is 2.21 bits per heavy atom. The molecule has 0 aliphatic carbocycles. The molecule has 0 saturated carbocycles. The van der Waals surface area contributed by atoms with Crippen LogP contribution in [-0.2, 0) is 0 Å². The Morgan fingerprint density at radius 1 is 1.37 bits per heavy atom. The summed E-state index contributed by atoms with van der Waals surface area (Å²) in [5, 5.41) is 8.64. The number of piperidine rings is 1. The molecule has 2 aromatic heterocycles. The lowest BCUT2D eigenvalue weighted by atomic mass is 9.76. The van der Waals surface area contributed by atoms with Gasteiger partial charge in [-0.1, -0.05) is 20.8 Å². The molecule has 19 heavy (non-hydrogen) atoms. The van der Waals surface area contributed by atoms with E-state index in [0.29, 0.717) is 17.4 Å². The van der Waals surface area contributed by atoms with E-state index in [1.165, 1.54) is 18.5 Å². The van der Waals surface area contributed by atoms with Crippen molar-refractivity contribution in [3.63, 3.8) is 0 Å². The van der Waals surface area contributed by atoms with Gasteiger partial charge in [0, 0.05) is 18.5 Å². The van der Waals surface area contributed by atoms with Gasteiger partial charge in [-0.2, -0.15) is 5.10 Å². The first-order valence-electron chi connectivity index (χ1n) is 7.02. The van der Waals surface area contributed by atoms with Crippen LogP contribution >= 0.6 is 0 Å². The molecule has 0 radical (unpaired) electrons. The lowest BCUT2D eigenvalue weighted by Crippen LogP contribution is -2.51. The third kappa shape index (κ3) is 1.44. The van der Waals surface area contributed by atoms with Gasteiger partial charge in [0.25, 0.3) is 0 Å². The van der Waals surface area contributed by atoms with Crippen LogP contribution in [0.4, 0.5) is 5.82 Å². The van der Waals surface area contributed by atoms with Gasteiger partial charge in [0.2, 0.25) is 0 Å². The van der Waals surface area contributed by atoms with Gasteiger partial charge in [0.05, 0.1) is 11.1 Å². The summed E-state index contributed by atoms with van der Waals surface area (Å²) >= 11 is 0. The molecule has 0 aromatic carbocycles. The van der Waals surface area contributed by atoms with Gasteiger partial charge < -0.3 is 4.90 Å². The van der Waals surface area contributed by atoms with E-state index >= 15 is 0 Å². The summed E-state index contributed by atoms with van der Waals surface area (Å²) in [6, 6.07) is 0.541. The number of nitrogens with zero attached hydrogens (tertiary/aromatic N) is 4. The number of aromatic amines is 1. The summed E-state index contributed by atoms with van der Waals surface area (Å²) in [5.74, 6) is 1.55. The predicted octanol–water partition coefficient (Wildman–Crippen LogP) is 2.47. The van der Waals surface area contributed by atoms with E-state index in [0.717, 1.165) is 23.4 Å². The second-order valence-electron chi connectivity index (χ2n) is 6.72. The molecule has 2 aromatic rings. The third-order valence-electron chi connectivity index (χ3n) is 4.78. The molecule has 100 valence electrons. The maximum absolute atomic E-state index is 4.55. The minimum Gasteiger partial charge on any atom is -0.352 e. The Labute approximate surface area is 112 Å². The molecule has 0 spiro atoms. The van der Waals surface area contributed by atoms with Gasteiger partial charge in [-0.15, -0.1) is 0 Å². The fourth-order valence-corrected chi connectivity index (χ4v) is 3.71. The standard InChI is InChI=1S/C14H19N5/c1-8-9-4-5-14(2,3)6-19(9)13-10-11(8)17-18-12(10)15-7-16-13/h7-9H,4-6H2,1-3H3,(H,15,16,17,18). The maximum Gasteiger partial charge on any atom is 0.186 e. The Hall–Kier alpha value is -1.65. The van der Waals surface area contributed by atoms with Crippen LogP contribution in [0.3, 0.4) is 0 Å². The van der Waals surface area contributed by atoms with Gasteiger partial charge in [-0.25, -0.2) is 9.97 Å². The minimum absolute atomic E-state index is 0.356. The molecule has 1 saturated heterocycles. The fraction of sp³-hybridized carbons (Fsp3) is 0.643. The van der Waals surface area contributed by atoms with Gasteiger partial charge in [0.1, 0.15) is 12.1 Å². The van der Waals surface area contributed by atoms with Crippen molar-refractivity contribution in [2.75, 3.05) is 11.4 Å². The predicted molar refractivity (Wildman–Crippen MR) is 74.2 cm³/mol. The number of hydrogen-bond donors (Lipinski definition) is 1. The van der Waals surface area contributed by atoms with Crippen molar-refractivity contribution >= 4 is 16.9 Å². The zero-order valence-corrected chi connectivity index (χ0v) is 11.6. The van der Waals surface area contributed by atoms with Crippen molar-refractivity contribution in [1.29, 1.82) is 0 Å². The summed E-state index contributed by atoms with van der Waals surface area (Å²) in [5.41, 5.74) is 2.37. The number of fused-ring (bicyclic) bond motifs is 2. The van der Waals surface area contributed by atoms with E-state index in [1.807, 2.05) is 0 Å². The minimum atomic E-state index is 0.356. The SMILES string of the molecule is CC1c2[nH]nc3ncnc(c23)N2CC(C)(C)CCC12. The van der Waals surface area contributed by atoms with Crippen molar-refractivity contribution < 1.29 is 0 Å². The average Bonchev–Trinajstić information content (AvgIpc) is 2.80. The molecule has 2 aliphatic rings. The fourth-order valence-electron chi connectivity index (χ4n) is 3.71. The Balaban J connectivity index is 1.94. The molecule has 2 atom stereocenters. The smallest absolute Gasteiger partial charge is 0.186 e. The first-order valence-corrected chi connectivity index (χ1v) is 7.02. The monoisotopic (exact) mass is 257 g/mol. The molecule has 4 rings (SSSR count). The van der Waals surface area contributed by atoms with Crippen LogP contribution in [-0.4, -0.2) is 32.8 Å². The van der Waals surface area contributed by atoms with Crippen molar-refractivity contribution in [2.45, 2.75) is 45.6 Å². The number of nitrogens with one attached hydrogen (secondary N) is 1. The Morgan fingerprint density at radius 3 is 3.05 bits per heavy atom. The van der Waals surface area contributed by atoms with Crippen molar-refractivity contribution in [3.05, 3.63) is 12.0 Å². The second-order valence-corrected chi connectivity index (χ2v) is 6.72. The first-order chi connectivity index (χ1) is 9.07. The van der Waals surface area contributed by atoms with Crippen molar-refractivity contribution in [2.24, 2.45) is 5.41 Å². The van der Waals surface area contributed by atoms with Crippen molar-refractivity contribution in [3.8, 4) is 0 Å². The van der Waals surface area contributed by atoms with Crippen LogP contribution in [0.15, 0.2) is 6.33 Å². The summed E-state index contributed by atoms with van der Waals surface area (Å²) in [7, 11) is 0. The molecule has 5 nitrogen and oxygen atoms in total. The highest BCUT2D eigenvalue weighted by Gasteiger charge is 2.42. The van der Waals surface area contributed by atoms with Gasteiger partial charge in [-0.3, -0.25) is 5.10 Å². The molecule has 0 amide bonds. The summed E-state index contributed by atoms with van der Waals surface area (Å²) in [4.78, 5) is 11.3. The van der Waals surface area contributed by atoms with Gasteiger partial charge in [0.15, 0.2) is 5.65 Å². The lowest BCUT2D eigenvalue weighted by Gasteiger charge is -2.48. The maximum atomic E-state index is 4.55. The van der Waals surface area contributed by atoms with E-state index in [9.17, 15) is 0 Å². The Bertz CT molecular complexity index is 644. The third-order valence-corrected chi connectivity index (χ3v) is 4.78. The van der Waals surface area contributed by atoms with Crippen LogP contribution in [0.25, 0.3) is 11.0 Å². The molecule has 1 fully saturated rings. The quantitative estimate of drug-likeness (QED) is 0.787. The molecule has 4 heterocycles. The number of rotatable bonds is 0. The normalized spacial score (nSPS) is 28.5. The number of aromatic nitrogens is 4. The van der Waals surface area contributed by atoms with E-state index in [1.54, 1.807) is 6.33 Å². The van der Waals surface area contributed by atoms with E-state index in [4.69, 9.17) is 0 Å². The number of H-pyrrole nitrogens is 1. The van der Waals surface area contributed by atoms with E-state index in [2.05, 4.69) is 45.8 Å². The van der Waals surface area contributed by atoms with Crippen LogP contribution in [0.1, 0.15) is 45.2 Å². The average molecular weight is 257 g/mol. The zero-order valence-electron chi connectivity index (χ0n) is 11.6. The summed E-state index contributed by atoms with van der Waals surface area (Å²) in [6.07, 6.45) is 4.13. The highest BCUT2D eigenvalue weighted by molar-refractivity contribution is 5.91. The molecular weight excluding hydrogens is 238 g/mol. The Kier molecular flexibility index (Phi) is 2.04. The van der Waals surface area contributed by atoms with E-state index < -0.39 is 0 Å². The van der Waals surface area contributed by atoms with E-state index in [-0.39, 0.29) is 0 Å². The van der Waals surface area contributed by atoms with Gasteiger partial charge >= 0.3 is 0 Å². The van der Waals surface area contributed by atoms with Gasteiger partial charge in [-0.05, 0) is 18.3 Å². The lowest BCUT2D eigenvalue weighted by molar-refractivity contribution is 0.240. The number of anilines is 1. The van der Waals surface area contributed by atoms with Crippen LogP contribution < -0.4 is 4.90 Å². The highest BCUT2D eigenvalue weighted by atomic mass is 15.3. The van der Waals surface area contributed by atoms with Crippen LogP contribution in [0.5, 0.6) is 0 Å². The summed E-state index contributed by atoms with van der Waals surface area (Å²) < 4.78 is 0. The summed E-state index contributed by atoms with van der Waals surface area (Å²) in [6.45, 7) is 8.05. The topological polar surface area (TPSA) is 57.7 Å².